The molecule has 1 aliphatic rings. The van der Waals surface area contributed by atoms with Crippen molar-refractivity contribution in [3.8, 4) is 11.5 Å². The standard InChI is InChI=1S/C24H32N4O4/c1-16-13-18(5-6-20(16)25)31-19-7-10-26-21(15-19)27-22(29)14-17-8-11-28(12-9-17)23(30)32-24(2,3)4/h5-7,10,13,15,17H,8-9,11-12,14,25H2,1-4H3,(H,26,27,29). The molecule has 2 heterocycles. The number of ether oxygens (including phenoxy) is 2. The fourth-order valence-corrected chi connectivity index (χ4v) is 3.49. The van der Waals surface area contributed by atoms with Crippen LogP contribution in [0.1, 0.15) is 45.6 Å². The zero-order valence-corrected chi connectivity index (χ0v) is 19.2. The number of anilines is 2. The van der Waals surface area contributed by atoms with Gasteiger partial charge in [-0.25, -0.2) is 9.78 Å². The first kappa shape index (κ1) is 23.4. The number of carbonyl (C=O) groups excluding carboxylic acids is 2. The van der Waals surface area contributed by atoms with Crippen molar-refractivity contribution in [3.63, 3.8) is 0 Å². The molecule has 32 heavy (non-hydrogen) atoms. The lowest BCUT2D eigenvalue weighted by molar-refractivity contribution is -0.117. The number of nitrogens with zero attached hydrogens (tertiary/aromatic N) is 2. The van der Waals surface area contributed by atoms with Gasteiger partial charge in [0.1, 0.15) is 22.9 Å². The van der Waals surface area contributed by atoms with Crippen molar-refractivity contribution in [1.82, 2.24) is 9.88 Å². The van der Waals surface area contributed by atoms with Crippen molar-refractivity contribution in [2.24, 2.45) is 5.92 Å². The van der Waals surface area contributed by atoms with Gasteiger partial charge in [-0.05, 0) is 76.3 Å². The molecule has 1 fully saturated rings. The molecule has 1 aliphatic heterocycles. The highest BCUT2D eigenvalue weighted by molar-refractivity contribution is 5.90. The van der Waals surface area contributed by atoms with Crippen LogP contribution in [-0.2, 0) is 9.53 Å². The van der Waals surface area contributed by atoms with E-state index in [-0.39, 0.29) is 17.9 Å². The Bertz CT molecular complexity index is 963. The third-order valence-electron chi connectivity index (χ3n) is 5.22. The number of carbonyl (C=O) groups is 2. The normalized spacial score (nSPS) is 14.7. The number of pyridine rings is 1. The Kier molecular flexibility index (Phi) is 7.22. The van der Waals surface area contributed by atoms with Crippen LogP contribution in [0.25, 0.3) is 0 Å². The van der Waals surface area contributed by atoms with Gasteiger partial charge >= 0.3 is 6.09 Å². The monoisotopic (exact) mass is 440 g/mol. The molecule has 8 nitrogen and oxygen atoms in total. The lowest BCUT2D eigenvalue weighted by Crippen LogP contribution is -2.42. The molecule has 0 unspecified atom stereocenters. The van der Waals surface area contributed by atoms with Crippen molar-refractivity contribution in [3.05, 3.63) is 42.1 Å². The Labute approximate surface area is 189 Å². The van der Waals surface area contributed by atoms with Crippen molar-refractivity contribution in [2.45, 2.75) is 52.6 Å². The summed E-state index contributed by atoms with van der Waals surface area (Å²) in [6, 6.07) is 8.87. The minimum atomic E-state index is -0.508. The minimum absolute atomic E-state index is 0.103. The molecule has 0 saturated carbocycles. The van der Waals surface area contributed by atoms with Gasteiger partial charge in [0.05, 0.1) is 0 Å². The van der Waals surface area contributed by atoms with E-state index >= 15 is 0 Å². The number of aryl methyl sites for hydroxylation is 1. The molecule has 2 amide bonds. The van der Waals surface area contributed by atoms with Crippen LogP contribution in [0.4, 0.5) is 16.3 Å². The Hall–Kier alpha value is -3.29. The van der Waals surface area contributed by atoms with Gasteiger partial charge in [0, 0.05) is 37.5 Å². The first-order valence-electron chi connectivity index (χ1n) is 10.9. The highest BCUT2D eigenvalue weighted by atomic mass is 16.6. The summed E-state index contributed by atoms with van der Waals surface area (Å²) in [6.45, 7) is 8.66. The van der Waals surface area contributed by atoms with E-state index < -0.39 is 5.60 Å². The molecular weight excluding hydrogens is 408 g/mol. The maximum Gasteiger partial charge on any atom is 0.410 e. The summed E-state index contributed by atoms with van der Waals surface area (Å²) < 4.78 is 11.3. The molecule has 0 atom stereocenters. The highest BCUT2D eigenvalue weighted by Gasteiger charge is 2.27. The number of aromatic nitrogens is 1. The van der Waals surface area contributed by atoms with E-state index in [9.17, 15) is 9.59 Å². The number of hydrogen-bond donors (Lipinski definition) is 2. The van der Waals surface area contributed by atoms with Crippen molar-refractivity contribution in [1.29, 1.82) is 0 Å². The molecule has 2 aromatic rings. The van der Waals surface area contributed by atoms with Gasteiger partial charge in [-0.3, -0.25) is 4.79 Å². The van der Waals surface area contributed by atoms with Gasteiger partial charge in [0.2, 0.25) is 5.91 Å². The SMILES string of the molecule is Cc1cc(Oc2ccnc(NC(=O)CC3CCN(C(=O)OC(C)(C)C)CC3)c2)ccc1N. The largest absolute Gasteiger partial charge is 0.457 e. The third kappa shape index (κ3) is 6.87. The van der Waals surface area contributed by atoms with E-state index in [1.165, 1.54) is 0 Å². The zero-order chi connectivity index (χ0) is 23.3. The predicted octanol–water partition coefficient (Wildman–Crippen LogP) is 4.74. The van der Waals surface area contributed by atoms with E-state index in [4.69, 9.17) is 15.2 Å². The molecule has 1 aromatic carbocycles. The number of rotatable bonds is 5. The molecule has 0 bridgehead atoms. The number of benzene rings is 1. The topological polar surface area (TPSA) is 107 Å². The fraction of sp³-hybridized carbons (Fsp3) is 0.458. The molecule has 3 N–H and O–H groups in total. The lowest BCUT2D eigenvalue weighted by atomic mass is 9.93. The van der Waals surface area contributed by atoms with E-state index in [2.05, 4.69) is 10.3 Å². The van der Waals surface area contributed by atoms with E-state index in [0.717, 1.165) is 18.4 Å². The van der Waals surface area contributed by atoms with Crippen molar-refractivity contribution < 1.29 is 19.1 Å². The summed E-state index contributed by atoms with van der Waals surface area (Å²) in [4.78, 5) is 30.6. The summed E-state index contributed by atoms with van der Waals surface area (Å²) in [6.07, 6.45) is 3.21. The zero-order valence-electron chi connectivity index (χ0n) is 19.2. The Balaban J connectivity index is 1.49. The molecule has 8 heteroatoms. The maximum absolute atomic E-state index is 12.5. The lowest BCUT2D eigenvalue weighted by Gasteiger charge is -2.33. The number of nitrogens with two attached hydrogens (primary N) is 1. The average molecular weight is 441 g/mol. The molecule has 1 saturated heterocycles. The van der Waals surface area contributed by atoms with Crippen molar-refractivity contribution >= 4 is 23.5 Å². The predicted molar refractivity (Wildman–Crippen MR) is 124 cm³/mol. The summed E-state index contributed by atoms with van der Waals surface area (Å²) >= 11 is 0. The number of likely N-dealkylation sites (tertiary alicyclic amines) is 1. The molecule has 0 spiro atoms. The van der Waals surface area contributed by atoms with E-state index in [0.29, 0.717) is 42.5 Å². The molecule has 1 aromatic heterocycles. The first-order chi connectivity index (χ1) is 15.1. The van der Waals surface area contributed by atoms with Crippen LogP contribution in [0.3, 0.4) is 0 Å². The Morgan fingerprint density at radius 1 is 1.16 bits per heavy atom. The second-order valence-electron chi connectivity index (χ2n) is 9.16. The number of nitrogen functional groups attached to an aromatic ring is 1. The van der Waals surface area contributed by atoms with Crippen molar-refractivity contribution in [2.75, 3.05) is 24.1 Å². The van der Waals surface area contributed by atoms with Gasteiger partial charge in [0.15, 0.2) is 0 Å². The second kappa shape index (κ2) is 9.89. The summed E-state index contributed by atoms with van der Waals surface area (Å²) in [5.74, 6) is 1.78. The van der Waals surface area contributed by atoms with Crippen LogP contribution in [0.5, 0.6) is 11.5 Å². The second-order valence-corrected chi connectivity index (χ2v) is 9.16. The van der Waals surface area contributed by atoms with Crippen LogP contribution in [-0.4, -0.2) is 40.6 Å². The van der Waals surface area contributed by atoms with Crippen LogP contribution < -0.4 is 15.8 Å². The van der Waals surface area contributed by atoms with E-state index in [1.54, 1.807) is 35.4 Å². The summed E-state index contributed by atoms with van der Waals surface area (Å²) in [7, 11) is 0. The van der Waals surface area contributed by atoms with Gasteiger partial charge in [0.25, 0.3) is 0 Å². The quantitative estimate of drug-likeness (QED) is 0.651. The Morgan fingerprint density at radius 3 is 2.50 bits per heavy atom. The third-order valence-corrected chi connectivity index (χ3v) is 5.22. The van der Waals surface area contributed by atoms with Gasteiger partial charge in [-0.1, -0.05) is 0 Å². The van der Waals surface area contributed by atoms with E-state index in [1.807, 2.05) is 33.8 Å². The molecule has 0 aliphatic carbocycles. The molecule has 172 valence electrons. The minimum Gasteiger partial charge on any atom is -0.457 e. The Morgan fingerprint density at radius 2 is 1.84 bits per heavy atom. The molecular formula is C24H32N4O4. The molecule has 0 radical (unpaired) electrons. The van der Waals surface area contributed by atoms with Gasteiger partial charge in [-0.15, -0.1) is 0 Å². The van der Waals surface area contributed by atoms with Gasteiger partial charge in [-0.2, -0.15) is 0 Å². The molecule has 3 rings (SSSR count). The number of piperidine rings is 1. The number of nitrogens with one attached hydrogen (secondary N) is 1. The maximum atomic E-state index is 12.5. The average Bonchev–Trinajstić information content (AvgIpc) is 2.70. The van der Waals surface area contributed by atoms with Crippen LogP contribution in [0, 0.1) is 12.8 Å². The number of hydrogen-bond acceptors (Lipinski definition) is 6. The summed E-state index contributed by atoms with van der Waals surface area (Å²) in [5, 5.41) is 2.85. The summed E-state index contributed by atoms with van der Waals surface area (Å²) in [5.41, 5.74) is 6.98. The number of amides is 2. The van der Waals surface area contributed by atoms with Crippen LogP contribution >= 0.6 is 0 Å². The fourth-order valence-electron chi connectivity index (χ4n) is 3.49. The van der Waals surface area contributed by atoms with Crippen LogP contribution in [0.2, 0.25) is 0 Å². The van der Waals surface area contributed by atoms with Crippen LogP contribution in [0.15, 0.2) is 36.5 Å². The van der Waals surface area contributed by atoms with Gasteiger partial charge < -0.3 is 25.4 Å². The first-order valence-corrected chi connectivity index (χ1v) is 10.9. The smallest absolute Gasteiger partial charge is 0.410 e. The highest BCUT2D eigenvalue weighted by Crippen LogP contribution is 2.27.